The summed E-state index contributed by atoms with van der Waals surface area (Å²) in [5.41, 5.74) is 3.20. The molecule has 194 valence electrons. The molecule has 8 heteroatoms. The van der Waals surface area contributed by atoms with Gasteiger partial charge in [-0.05, 0) is 62.7 Å². The number of hydrazine groups is 1. The van der Waals surface area contributed by atoms with E-state index in [-0.39, 0.29) is 12.2 Å². The number of benzene rings is 4. The molecule has 0 radical (unpaired) electrons. The lowest BCUT2D eigenvalue weighted by atomic mass is 10.2. The van der Waals surface area contributed by atoms with Gasteiger partial charge >= 0.3 is 6.09 Å². The third kappa shape index (κ3) is 6.08. The Hall–Kier alpha value is -4.06. The minimum atomic E-state index is -2.69. The number of amides is 1. The molecule has 4 rings (SSSR count). The van der Waals surface area contributed by atoms with Crippen LogP contribution in [0.25, 0.3) is 0 Å². The van der Waals surface area contributed by atoms with Gasteiger partial charge in [-0.15, -0.1) is 0 Å². The van der Waals surface area contributed by atoms with Crippen LogP contribution in [-0.4, -0.2) is 21.4 Å². The van der Waals surface area contributed by atoms with Crippen LogP contribution in [0, 0.1) is 10.1 Å². The second kappa shape index (κ2) is 11.5. The zero-order chi connectivity index (χ0) is 27.2. The van der Waals surface area contributed by atoms with Crippen molar-refractivity contribution in [3.8, 4) is 0 Å². The summed E-state index contributed by atoms with van der Waals surface area (Å²) in [6, 6.07) is 36.7. The highest BCUT2D eigenvalue weighted by Gasteiger charge is 2.53. The van der Waals surface area contributed by atoms with Crippen LogP contribution in [-0.2, 0) is 11.3 Å². The number of nitrogens with one attached hydrogen (secondary N) is 1. The summed E-state index contributed by atoms with van der Waals surface area (Å²) >= 11 is 0. The molecule has 0 aliphatic rings. The van der Waals surface area contributed by atoms with Gasteiger partial charge in [0, 0.05) is 12.1 Å². The molecule has 4 aromatic rings. The molecule has 0 aliphatic heterocycles. The summed E-state index contributed by atoms with van der Waals surface area (Å²) in [5.74, 6) is 0. The van der Waals surface area contributed by atoms with Crippen molar-refractivity contribution in [3.05, 3.63) is 131 Å². The number of carbonyl (C=O) groups is 1. The molecule has 0 aliphatic carbocycles. The summed E-state index contributed by atoms with van der Waals surface area (Å²) in [6.07, 6.45) is -0.577. The molecule has 0 saturated carbocycles. The fourth-order valence-electron chi connectivity index (χ4n) is 4.32. The topological polar surface area (TPSA) is 84.7 Å². The highest BCUT2D eigenvalue weighted by Crippen LogP contribution is 2.58. The second-order valence-electron chi connectivity index (χ2n) is 9.74. The van der Waals surface area contributed by atoms with Crippen molar-refractivity contribution in [1.29, 1.82) is 0 Å². The highest BCUT2D eigenvalue weighted by atomic mass is 31.2. The summed E-state index contributed by atoms with van der Waals surface area (Å²) in [5, 5.41) is 14.4. The number of nitro benzene ring substituents is 1. The minimum absolute atomic E-state index is 0.00985. The third-order valence-electron chi connectivity index (χ3n) is 5.85. The maximum Gasteiger partial charge on any atom is 0.425 e. The smallest absolute Gasteiger partial charge is 0.425 e. The van der Waals surface area contributed by atoms with E-state index in [0.717, 1.165) is 21.5 Å². The molecule has 38 heavy (non-hydrogen) atoms. The molecule has 0 aromatic heterocycles. The molecular weight excluding hydrogens is 497 g/mol. The number of nitro groups is 1. The predicted octanol–water partition coefficient (Wildman–Crippen LogP) is 5.75. The molecular formula is C30H31N3O4P+. The molecule has 0 spiro atoms. The number of carbonyl (C=O) groups excluding carboxylic acids is 1. The van der Waals surface area contributed by atoms with Crippen LogP contribution in [0.15, 0.2) is 115 Å². The van der Waals surface area contributed by atoms with Gasteiger partial charge < -0.3 is 4.74 Å². The SMILES string of the molecule is CC(C)(C)OC(=O)NN(Cc1ccc([N+](=O)[O-])cc1)[P+](c1ccccc1)(c1ccccc1)c1ccccc1. The molecule has 0 saturated heterocycles. The summed E-state index contributed by atoms with van der Waals surface area (Å²) < 4.78 is 7.66. The molecule has 4 aromatic carbocycles. The van der Waals surface area contributed by atoms with Crippen LogP contribution < -0.4 is 21.3 Å². The first-order chi connectivity index (χ1) is 18.2. The average molecular weight is 529 g/mol. The molecule has 0 fully saturated rings. The second-order valence-corrected chi connectivity index (χ2v) is 13.0. The van der Waals surface area contributed by atoms with Gasteiger partial charge in [0.1, 0.15) is 21.5 Å². The largest absolute Gasteiger partial charge is 0.443 e. The number of non-ortho nitro benzene ring substituents is 1. The van der Waals surface area contributed by atoms with Crippen LogP contribution >= 0.6 is 7.41 Å². The van der Waals surface area contributed by atoms with E-state index in [1.807, 2.05) is 80.1 Å². The Kier molecular flexibility index (Phi) is 8.20. The number of hydrogen-bond donors (Lipinski definition) is 1. The van der Waals surface area contributed by atoms with Gasteiger partial charge in [0.05, 0.1) is 11.5 Å². The predicted molar refractivity (Wildman–Crippen MR) is 153 cm³/mol. The number of nitrogens with zero attached hydrogens (tertiary/aromatic N) is 2. The molecule has 0 heterocycles. The Morgan fingerprint density at radius 2 is 1.21 bits per heavy atom. The maximum atomic E-state index is 13.3. The fourth-order valence-corrected chi connectivity index (χ4v) is 8.47. The van der Waals surface area contributed by atoms with Crippen molar-refractivity contribution in [3.63, 3.8) is 0 Å². The summed E-state index contributed by atoms with van der Waals surface area (Å²) in [7, 11) is -2.69. The Bertz CT molecular complexity index is 1260. The molecule has 1 N–H and O–H groups in total. The van der Waals surface area contributed by atoms with Crippen LogP contribution in [0.5, 0.6) is 0 Å². The van der Waals surface area contributed by atoms with Crippen molar-refractivity contribution >= 4 is 35.1 Å². The summed E-state index contributed by atoms with van der Waals surface area (Å²) in [4.78, 5) is 24.1. The van der Waals surface area contributed by atoms with Gasteiger partial charge in [-0.2, -0.15) is 0 Å². The zero-order valence-electron chi connectivity index (χ0n) is 21.7. The van der Waals surface area contributed by atoms with E-state index in [4.69, 9.17) is 4.74 Å². The van der Waals surface area contributed by atoms with E-state index in [1.54, 1.807) is 12.1 Å². The zero-order valence-corrected chi connectivity index (χ0v) is 22.5. The first kappa shape index (κ1) is 27.0. The van der Waals surface area contributed by atoms with Crippen LogP contribution in [0.4, 0.5) is 10.5 Å². The van der Waals surface area contributed by atoms with Crippen molar-refractivity contribution in [2.75, 3.05) is 0 Å². The first-order valence-electron chi connectivity index (χ1n) is 12.3. The fraction of sp³-hybridized carbons (Fsp3) is 0.167. The first-order valence-corrected chi connectivity index (χ1v) is 14.0. The van der Waals surface area contributed by atoms with Crippen molar-refractivity contribution in [1.82, 2.24) is 10.2 Å². The normalized spacial score (nSPS) is 11.7. The van der Waals surface area contributed by atoms with Gasteiger partial charge in [-0.1, -0.05) is 71.5 Å². The van der Waals surface area contributed by atoms with E-state index in [2.05, 4.69) is 41.8 Å². The molecule has 1 amide bonds. The molecule has 7 nitrogen and oxygen atoms in total. The average Bonchev–Trinajstić information content (AvgIpc) is 2.90. The Balaban J connectivity index is 1.96. The lowest BCUT2D eigenvalue weighted by molar-refractivity contribution is -0.384. The van der Waals surface area contributed by atoms with E-state index < -0.39 is 24.0 Å². The van der Waals surface area contributed by atoms with Crippen molar-refractivity contribution in [2.24, 2.45) is 0 Å². The molecule has 0 atom stereocenters. The Morgan fingerprint density at radius 3 is 1.58 bits per heavy atom. The van der Waals surface area contributed by atoms with Gasteiger partial charge in [-0.25, -0.2) is 10.2 Å². The van der Waals surface area contributed by atoms with E-state index in [0.29, 0.717) is 0 Å². The van der Waals surface area contributed by atoms with Crippen LogP contribution in [0.2, 0.25) is 0 Å². The summed E-state index contributed by atoms with van der Waals surface area (Å²) in [6.45, 7) is 5.74. The van der Waals surface area contributed by atoms with E-state index in [1.165, 1.54) is 12.1 Å². The maximum absolute atomic E-state index is 13.3. The van der Waals surface area contributed by atoms with Crippen LogP contribution in [0.3, 0.4) is 0 Å². The standard InChI is InChI=1S/C30H30N3O4P/c1-30(2,3)37-29(34)31-32(23-24-19-21-25(22-20-24)33(35)36)38(26-13-7-4-8-14-26,27-15-9-5-10-16-27)28-17-11-6-12-18-28/h4-22H,23H2,1-3H3/p+1. The van der Waals surface area contributed by atoms with Crippen molar-refractivity contribution in [2.45, 2.75) is 32.9 Å². The monoisotopic (exact) mass is 528 g/mol. The van der Waals surface area contributed by atoms with Gasteiger partial charge in [0.2, 0.25) is 7.41 Å². The van der Waals surface area contributed by atoms with Gasteiger partial charge in [-0.3, -0.25) is 10.1 Å². The Labute approximate surface area is 223 Å². The molecule has 0 bridgehead atoms. The number of rotatable bonds is 8. The molecule has 0 unspecified atom stereocenters. The lowest BCUT2D eigenvalue weighted by Gasteiger charge is -2.36. The van der Waals surface area contributed by atoms with Gasteiger partial charge in [0.25, 0.3) is 5.69 Å². The number of hydrogen-bond acceptors (Lipinski definition) is 5. The quantitative estimate of drug-likeness (QED) is 0.179. The van der Waals surface area contributed by atoms with E-state index in [9.17, 15) is 14.9 Å². The lowest BCUT2D eigenvalue weighted by Crippen LogP contribution is -2.52. The van der Waals surface area contributed by atoms with Crippen LogP contribution in [0.1, 0.15) is 26.3 Å². The third-order valence-corrected chi connectivity index (χ3v) is 9.95. The van der Waals surface area contributed by atoms with Gasteiger partial charge in [0.15, 0.2) is 0 Å². The number of ether oxygens (including phenoxy) is 1. The Morgan fingerprint density at radius 1 is 0.789 bits per heavy atom. The van der Waals surface area contributed by atoms with E-state index >= 15 is 0 Å². The minimum Gasteiger partial charge on any atom is -0.443 e. The van der Waals surface area contributed by atoms with Crippen molar-refractivity contribution < 1.29 is 14.5 Å². The highest BCUT2D eigenvalue weighted by molar-refractivity contribution is 7.93.